The van der Waals surface area contributed by atoms with Gasteiger partial charge >= 0.3 is 0 Å². The largest absolute Gasteiger partial charge is 0.358 e. The minimum Gasteiger partial charge on any atom is -0.358 e. The zero-order chi connectivity index (χ0) is 15.5. The maximum Gasteiger partial charge on any atom is 0.168 e. The molecule has 1 aromatic carbocycles. The van der Waals surface area contributed by atoms with Crippen LogP contribution >= 0.6 is 0 Å². The third-order valence-electron chi connectivity index (χ3n) is 3.48. The lowest BCUT2D eigenvalue weighted by Crippen LogP contribution is -2.24. The van der Waals surface area contributed by atoms with Gasteiger partial charge in [0.15, 0.2) is 5.65 Å². The Morgan fingerprint density at radius 3 is 2.77 bits per heavy atom. The fourth-order valence-electron chi connectivity index (χ4n) is 2.43. The minimum absolute atomic E-state index is 0.0702. The number of nitrogens with zero attached hydrogens (tertiary/aromatic N) is 6. The van der Waals surface area contributed by atoms with Crippen LogP contribution in [-0.2, 0) is 0 Å². The molecule has 0 aliphatic rings. The van der Waals surface area contributed by atoms with Gasteiger partial charge in [0.1, 0.15) is 12.1 Å². The molecule has 0 saturated carbocycles. The van der Waals surface area contributed by atoms with Gasteiger partial charge in [-0.1, -0.05) is 18.2 Å². The van der Waals surface area contributed by atoms with E-state index in [0.29, 0.717) is 6.54 Å². The van der Waals surface area contributed by atoms with Crippen molar-refractivity contribution in [3.63, 3.8) is 0 Å². The second-order valence-electron chi connectivity index (χ2n) is 5.24. The summed E-state index contributed by atoms with van der Waals surface area (Å²) in [6.45, 7) is 2.50. The lowest BCUT2D eigenvalue weighted by atomic mass is 10.2. The van der Waals surface area contributed by atoms with E-state index in [4.69, 9.17) is 5.26 Å². The van der Waals surface area contributed by atoms with Crippen LogP contribution in [0.25, 0.3) is 16.7 Å². The van der Waals surface area contributed by atoms with E-state index in [1.54, 1.807) is 10.9 Å². The molecule has 3 aromatic rings. The number of hydrogen-bond acceptors (Lipinski definition) is 5. The standard InChI is InChI=1S/C16H16N6/c1-12(8-17)10-21(2)15-14-9-20-22(16(14)19-11-18-15)13-6-4-3-5-7-13/h3-7,9,11-12H,10H2,1-2H3/t12-/m0/s1. The van der Waals surface area contributed by atoms with E-state index >= 15 is 0 Å². The Morgan fingerprint density at radius 2 is 2.05 bits per heavy atom. The van der Waals surface area contributed by atoms with Gasteiger partial charge in [0.25, 0.3) is 0 Å². The summed E-state index contributed by atoms with van der Waals surface area (Å²) in [6, 6.07) is 12.1. The summed E-state index contributed by atoms with van der Waals surface area (Å²) in [4.78, 5) is 10.7. The number of rotatable bonds is 4. The minimum atomic E-state index is -0.0702. The highest BCUT2D eigenvalue weighted by atomic mass is 15.3. The van der Waals surface area contributed by atoms with Crippen LogP contribution in [0.2, 0.25) is 0 Å². The van der Waals surface area contributed by atoms with Crippen molar-refractivity contribution < 1.29 is 0 Å². The molecule has 0 fully saturated rings. The van der Waals surface area contributed by atoms with Crippen LogP contribution in [0.3, 0.4) is 0 Å². The van der Waals surface area contributed by atoms with Crippen molar-refractivity contribution >= 4 is 16.9 Å². The van der Waals surface area contributed by atoms with Crippen LogP contribution in [0.5, 0.6) is 0 Å². The summed E-state index contributed by atoms with van der Waals surface area (Å²) in [6.07, 6.45) is 3.30. The fourth-order valence-corrected chi connectivity index (χ4v) is 2.43. The van der Waals surface area contributed by atoms with Gasteiger partial charge in [-0.25, -0.2) is 14.6 Å². The summed E-state index contributed by atoms with van der Waals surface area (Å²) in [5.74, 6) is 0.716. The van der Waals surface area contributed by atoms with E-state index in [2.05, 4.69) is 21.1 Å². The molecule has 0 saturated heterocycles. The molecule has 6 heteroatoms. The van der Waals surface area contributed by atoms with Crippen molar-refractivity contribution in [2.45, 2.75) is 6.92 Å². The first-order valence-corrected chi connectivity index (χ1v) is 7.05. The summed E-state index contributed by atoms with van der Waals surface area (Å²) >= 11 is 0. The van der Waals surface area contributed by atoms with Crippen molar-refractivity contribution in [3.8, 4) is 11.8 Å². The van der Waals surface area contributed by atoms with Crippen LogP contribution in [0, 0.1) is 17.2 Å². The molecule has 0 N–H and O–H groups in total. The zero-order valence-electron chi connectivity index (χ0n) is 12.5. The van der Waals surface area contributed by atoms with Gasteiger partial charge in [0.05, 0.1) is 29.3 Å². The molecule has 0 radical (unpaired) electrons. The van der Waals surface area contributed by atoms with Gasteiger partial charge < -0.3 is 4.90 Å². The van der Waals surface area contributed by atoms with Gasteiger partial charge in [-0.3, -0.25) is 0 Å². The molecule has 2 aromatic heterocycles. The predicted molar refractivity (Wildman–Crippen MR) is 84.7 cm³/mol. The maximum atomic E-state index is 8.97. The first-order chi connectivity index (χ1) is 10.7. The molecule has 0 aliphatic heterocycles. The second-order valence-corrected chi connectivity index (χ2v) is 5.24. The normalized spacial score (nSPS) is 12.0. The summed E-state index contributed by atoms with van der Waals surface area (Å²) < 4.78 is 1.79. The Hall–Kier alpha value is -2.94. The fraction of sp³-hybridized carbons (Fsp3) is 0.250. The van der Waals surface area contributed by atoms with Crippen LogP contribution in [0.4, 0.5) is 5.82 Å². The average molecular weight is 292 g/mol. The first-order valence-electron chi connectivity index (χ1n) is 7.05. The van der Waals surface area contributed by atoms with Crippen LogP contribution in [-0.4, -0.2) is 33.3 Å². The Bertz CT molecular complexity index is 818. The van der Waals surface area contributed by atoms with Crippen molar-refractivity contribution in [3.05, 3.63) is 42.9 Å². The van der Waals surface area contributed by atoms with Gasteiger partial charge in [-0.2, -0.15) is 10.4 Å². The van der Waals surface area contributed by atoms with Crippen LogP contribution in [0.1, 0.15) is 6.92 Å². The molecule has 2 heterocycles. The highest BCUT2D eigenvalue weighted by Crippen LogP contribution is 2.24. The molecule has 6 nitrogen and oxygen atoms in total. The van der Waals surface area contributed by atoms with E-state index < -0.39 is 0 Å². The Kier molecular flexibility index (Phi) is 3.71. The Labute approximate surface area is 128 Å². The van der Waals surface area contributed by atoms with Crippen LogP contribution in [0.15, 0.2) is 42.9 Å². The molecule has 0 aliphatic carbocycles. The number of aromatic nitrogens is 4. The van der Waals surface area contributed by atoms with E-state index in [1.165, 1.54) is 6.33 Å². The van der Waals surface area contributed by atoms with Crippen molar-refractivity contribution in [2.75, 3.05) is 18.5 Å². The molecule has 110 valence electrons. The van der Waals surface area contributed by atoms with Crippen molar-refractivity contribution in [1.82, 2.24) is 19.7 Å². The van der Waals surface area contributed by atoms with Crippen molar-refractivity contribution in [1.29, 1.82) is 5.26 Å². The molecular formula is C16H16N6. The summed E-state index contributed by atoms with van der Waals surface area (Å²) in [5.41, 5.74) is 1.71. The second kappa shape index (κ2) is 5.82. The average Bonchev–Trinajstić information content (AvgIpc) is 2.99. The smallest absolute Gasteiger partial charge is 0.168 e. The predicted octanol–water partition coefficient (Wildman–Crippen LogP) is 2.41. The lowest BCUT2D eigenvalue weighted by molar-refractivity contribution is 0.711. The molecule has 0 bridgehead atoms. The van der Waals surface area contributed by atoms with Crippen molar-refractivity contribution in [2.24, 2.45) is 5.92 Å². The number of fused-ring (bicyclic) bond motifs is 1. The van der Waals surface area contributed by atoms with Crippen LogP contribution < -0.4 is 4.90 Å². The third kappa shape index (κ3) is 2.49. The van der Waals surface area contributed by atoms with Gasteiger partial charge in [0, 0.05) is 13.6 Å². The van der Waals surface area contributed by atoms with E-state index in [1.807, 2.05) is 49.2 Å². The number of nitriles is 1. The maximum absolute atomic E-state index is 8.97. The number of anilines is 1. The number of benzene rings is 1. The molecule has 1 atom stereocenters. The van der Waals surface area contributed by atoms with E-state index in [-0.39, 0.29) is 5.92 Å². The van der Waals surface area contributed by atoms with Gasteiger partial charge in [0.2, 0.25) is 0 Å². The topological polar surface area (TPSA) is 70.6 Å². The zero-order valence-corrected chi connectivity index (χ0v) is 12.5. The molecule has 22 heavy (non-hydrogen) atoms. The molecule has 3 rings (SSSR count). The summed E-state index contributed by atoms with van der Waals surface area (Å²) in [5, 5.41) is 14.3. The van der Waals surface area contributed by atoms with E-state index in [9.17, 15) is 0 Å². The number of hydrogen-bond donors (Lipinski definition) is 0. The van der Waals surface area contributed by atoms with Gasteiger partial charge in [-0.15, -0.1) is 0 Å². The highest BCUT2D eigenvalue weighted by Gasteiger charge is 2.15. The van der Waals surface area contributed by atoms with E-state index in [0.717, 1.165) is 22.5 Å². The summed E-state index contributed by atoms with van der Waals surface area (Å²) in [7, 11) is 1.93. The Balaban J connectivity index is 2.05. The highest BCUT2D eigenvalue weighted by molar-refractivity contribution is 5.87. The SMILES string of the molecule is C[C@@H](C#N)CN(C)c1ncnc2c1cnn2-c1ccccc1. The third-order valence-corrected chi connectivity index (χ3v) is 3.48. The molecule has 0 spiro atoms. The molecule has 0 amide bonds. The molecular weight excluding hydrogens is 276 g/mol. The monoisotopic (exact) mass is 292 g/mol. The Morgan fingerprint density at radius 1 is 1.27 bits per heavy atom. The molecule has 0 unspecified atom stereocenters. The number of para-hydroxylation sites is 1. The van der Waals surface area contributed by atoms with Gasteiger partial charge in [-0.05, 0) is 19.1 Å². The first kappa shape index (κ1) is 14.0. The lowest BCUT2D eigenvalue weighted by Gasteiger charge is -2.19. The quantitative estimate of drug-likeness (QED) is 0.738.